The zero-order valence-electron chi connectivity index (χ0n) is 17.3. The number of nitrogens with zero attached hydrogens (tertiary/aromatic N) is 1. The lowest BCUT2D eigenvalue weighted by Gasteiger charge is -2.28. The number of para-hydroxylation sites is 1. The summed E-state index contributed by atoms with van der Waals surface area (Å²) in [4.78, 5) is 24.5. The molecule has 0 fully saturated rings. The number of allylic oxidation sites excluding steroid dienone is 2. The molecule has 0 spiro atoms. The Morgan fingerprint density at radius 2 is 1.93 bits per heavy atom. The van der Waals surface area contributed by atoms with Gasteiger partial charge < -0.3 is 29.4 Å². The molecule has 1 aliphatic heterocycles. The normalized spacial score (nSPS) is 15.8. The average Bonchev–Trinajstić information content (AvgIpc) is 2.71. The van der Waals surface area contributed by atoms with E-state index in [9.17, 15) is 14.9 Å². The van der Waals surface area contributed by atoms with Crippen molar-refractivity contribution in [3.63, 3.8) is 0 Å². The number of carbonyl (C=O) groups is 2. The van der Waals surface area contributed by atoms with Gasteiger partial charge in [0, 0.05) is 5.56 Å². The zero-order valence-corrected chi connectivity index (χ0v) is 17.3. The van der Waals surface area contributed by atoms with Crippen molar-refractivity contribution in [1.82, 2.24) is 0 Å². The minimum atomic E-state index is -0.935. The molecule has 1 aliphatic rings. The van der Waals surface area contributed by atoms with Crippen molar-refractivity contribution in [2.75, 3.05) is 26.9 Å². The highest BCUT2D eigenvalue weighted by molar-refractivity contribution is 5.93. The van der Waals surface area contributed by atoms with Gasteiger partial charge in [0.2, 0.25) is 5.88 Å². The quantitative estimate of drug-likeness (QED) is 0.634. The van der Waals surface area contributed by atoms with E-state index in [1.165, 1.54) is 7.11 Å². The number of benzene rings is 1. The third-order valence-corrected chi connectivity index (χ3v) is 4.28. The van der Waals surface area contributed by atoms with Gasteiger partial charge in [-0.25, -0.2) is 9.59 Å². The molecule has 0 saturated carbocycles. The van der Waals surface area contributed by atoms with Crippen molar-refractivity contribution >= 4 is 11.9 Å². The van der Waals surface area contributed by atoms with Crippen LogP contribution in [0, 0.1) is 11.3 Å². The maximum Gasteiger partial charge on any atom is 0.344 e. The molecule has 2 N–H and O–H groups in total. The third kappa shape index (κ3) is 4.66. The fourth-order valence-electron chi connectivity index (χ4n) is 3.07. The monoisotopic (exact) mass is 416 g/mol. The maximum absolute atomic E-state index is 12.7. The number of carbonyl (C=O) groups excluding carboxylic acids is 2. The third-order valence-electron chi connectivity index (χ3n) is 4.28. The second kappa shape index (κ2) is 10.2. The van der Waals surface area contributed by atoms with E-state index in [1.807, 2.05) is 6.07 Å². The molecular weight excluding hydrogens is 392 g/mol. The first kappa shape index (κ1) is 22.6. The van der Waals surface area contributed by atoms with E-state index in [2.05, 4.69) is 0 Å². The van der Waals surface area contributed by atoms with Crippen LogP contribution in [0.5, 0.6) is 11.5 Å². The van der Waals surface area contributed by atoms with Crippen LogP contribution >= 0.6 is 0 Å². The minimum absolute atomic E-state index is 0.0119. The Bertz CT molecular complexity index is 928. The molecule has 0 bridgehead atoms. The molecule has 0 aromatic heterocycles. The van der Waals surface area contributed by atoms with Gasteiger partial charge in [-0.3, -0.25) is 0 Å². The molecule has 30 heavy (non-hydrogen) atoms. The van der Waals surface area contributed by atoms with E-state index in [0.29, 0.717) is 11.3 Å². The summed E-state index contributed by atoms with van der Waals surface area (Å²) in [5.41, 5.74) is 6.44. The van der Waals surface area contributed by atoms with E-state index >= 15 is 0 Å². The Morgan fingerprint density at radius 3 is 2.53 bits per heavy atom. The summed E-state index contributed by atoms with van der Waals surface area (Å²) in [5, 5.41) is 9.73. The summed E-state index contributed by atoms with van der Waals surface area (Å²) in [7, 11) is 1.43. The van der Waals surface area contributed by atoms with Gasteiger partial charge in [0.25, 0.3) is 0 Å². The highest BCUT2D eigenvalue weighted by atomic mass is 16.6. The number of methoxy groups -OCH3 is 1. The van der Waals surface area contributed by atoms with Gasteiger partial charge in [0.05, 0.1) is 31.8 Å². The number of rotatable bonds is 8. The van der Waals surface area contributed by atoms with E-state index in [1.54, 1.807) is 39.0 Å². The summed E-state index contributed by atoms with van der Waals surface area (Å²) >= 11 is 0. The fraction of sp³-hybridized carbons (Fsp3) is 0.381. The summed E-state index contributed by atoms with van der Waals surface area (Å²) in [6.45, 7) is 4.85. The summed E-state index contributed by atoms with van der Waals surface area (Å²) < 4.78 is 26.5. The number of hydrogen-bond donors (Lipinski definition) is 1. The lowest BCUT2D eigenvalue weighted by Crippen LogP contribution is -2.26. The van der Waals surface area contributed by atoms with Crippen LogP contribution in [0.15, 0.2) is 41.0 Å². The fourth-order valence-corrected chi connectivity index (χ4v) is 3.07. The van der Waals surface area contributed by atoms with Crippen LogP contribution in [0.2, 0.25) is 0 Å². The topological polar surface area (TPSA) is 130 Å². The van der Waals surface area contributed by atoms with Crippen molar-refractivity contribution in [2.45, 2.75) is 26.7 Å². The molecule has 1 atom stereocenters. The molecule has 2 rings (SSSR count). The first-order chi connectivity index (χ1) is 14.4. The smallest absolute Gasteiger partial charge is 0.344 e. The van der Waals surface area contributed by atoms with Gasteiger partial charge in [-0.2, -0.15) is 5.26 Å². The molecular formula is C21H24N2O7. The SMILES string of the molecule is CCOC(=O)COc1c(OC)cccc1C1C(C#N)=C(N)OC(C)=C1C(=O)OCC. The predicted molar refractivity (Wildman–Crippen MR) is 105 cm³/mol. The Hall–Kier alpha value is -3.67. The average molecular weight is 416 g/mol. The van der Waals surface area contributed by atoms with Crippen molar-refractivity contribution in [3.05, 3.63) is 46.6 Å². The number of esters is 2. The Labute approximate surface area is 174 Å². The van der Waals surface area contributed by atoms with Crippen LogP contribution in [0.3, 0.4) is 0 Å². The second-order valence-electron chi connectivity index (χ2n) is 6.09. The van der Waals surface area contributed by atoms with E-state index in [-0.39, 0.29) is 48.4 Å². The standard InChI is InChI=1S/C21H24N2O7/c1-5-27-16(24)11-29-19-13(8-7-9-15(19)26-4)18-14(10-22)20(23)30-12(3)17(18)21(25)28-6-2/h7-9,18H,5-6,11,23H2,1-4H3. The van der Waals surface area contributed by atoms with Crippen LogP contribution in [0.1, 0.15) is 32.3 Å². The molecule has 160 valence electrons. The Morgan fingerprint density at radius 1 is 1.23 bits per heavy atom. The summed E-state index contributed by atoms with van der Waals surface area (Å²) in [6.07, 6.45) is 0. The van der Waals surface area contributed by atoms with Gasteiger partial charge in [-0.1, -0.05) is 12.1 Å². The molecule has 0 amide bonds. The van der Waals surface area contributed by atoms with Gasteiger partial charge in [0.1, 0.15) is 17.4 Å². The van der Waals surface area contributed by atoms with Crippen LogP contribution < -0.4 is 15.2 Å². The van der Waals surface area contributed by atoms with E-state index in [4.69, 9.17) is 29.4 Å². The van der Waals surface area contributed by atoms with Gasteiger partial charge in [0.15, 0.2) is 18.1 Å². The molecule has 0 aliphatic carbocycles. The van der Waals surface area contributed by atoms with E-state index < -0.39 is 17.9 Å². The Balaban J connectivity index is 2.64. The lowest BCUT2D eigenvalue weighted by atomic mass is 9.82. The van der Waals surface area contributed by atoms with Crippen molar-refractivity contribution in [3.8, 4) is 17.6 Å². The van der Waals surface area contributed by atoms with Crippen LogP contribution in [0.4, 0.5) is 0 Å². The molecule has 9 heteroatoms. The van der Waals surface area contributed by atoms with Crippen molar-refractivity contribution in [1.29, 1.82) is 5.26 Å². The second-order valence-corrected chi connectivity index (χ2v) is 6.09. The number of hydrogen-bond acceptors (Lipinski definition) is 9. The molecule has 1 aromatic carbocycles. The maximum atomic E-state index is 12.7. The predicted octanol–water partition coefficient (Wildman–Crippen LogP) is 2.28. The largest absolute Gasteiger partial charge is 0.493 e. The molecule has 1 heterocycles. The number of nitrogens with two attached hydrogens (primary N) is 1. The van der Waals surface area contributed by atoms with Crippen LogP contribution in [-0.4, -0.2) is 38.9 Å². The first-order valence-corrected chi connectivity index (χ1v) is 9.30. The summed E-state index contributed by atoms with van der Waals surface area (Å²) in [6, 6.07) is 6.95. The van der Waals surface area contributed by atoms with Crippen molar-refractivity contribution in [2.24, 2.45) is 5.73 Å². The van der Waals surface area contributed by atoms with Gasteiger partial charge >= 0.3 is 11.9 Å². The molecule has 1 unspecified atom stereocenters. The molecule has 1 aromatic rings. The van der Waals surface area contributed by atoms with Gasteiger partial charge in [-0.05, 0) is 26.8 Å². The van der Waals surface area contributed by atoms with Crippen LogP contribution in [0.25, 0.3) is 0 Å². The molecule has 9 nitrogen and oxygen atoms in total. The highest BCUT2D eigenvalue weighted by Gasteiger charge is 2.38. The Kier molecular flexibility index (Phi) is 7.69. The first-order valence-electron chi connectivity index (χ1n) is 9.30. The molecule has 0 radical (unpaired) electrons. The van der Waals surface area contributed by atoms with E-state index in [0.717, 1.165) is 0 Å². The minimum Gasteiger partial charge on any atom is -0.493 e. The molecule has 0 saturated heterocycles. The van der Waals surface area contributed by atoms with Crippen LogP contribution in [-0.2, 0) is 23.8 Å². The van der Waals surface area contributed by atoms with Gasteiger partial charge in [-0.15, -0.1) is 0 Å². The lowest BCUT2D eigenvalue weighted by molar-refractivity contribution is -0.145. The number of ether oxygens (including phenoxy) is 5. The van der Waals surface area contributed by atoms with Crippen molar-refractivity contribution < 1.29 is 33.3 Å². The number of nitriles is 1. The summed E-state index contributed by atoms with van der Waals surface area (Å²) in [5.74, 6) is -1.61. The highest BCUT2D eigenvalue weighted by Crippen LogP contribution is 2.45. The zero-order chi connectivity index (χ0) is 22.3.